The summed E-state index contributed by atoms with van der Waals surface area (Å²) in [6.45, 7) is 0.541. The van der Waals surface area contributed by atoms with Crippen molar-refractivity contribution in [2.45, 2.75) is 44.8 Å². The van der Waals surface area contributed by atoms with Gasteiger partial charge in [-0.3, -0.25) is 9.59 Å². The molecule has 1 saturated carbocycles. The van der Waals surface area contributed by atoms with E-state index in [1.54, 1.807) is 6.07 Å². The Morgan fingerprint density at radius 2 is 2.00 bits per heavy atom. The molecule has 1 aromatic carbocycles. The zero-order valence-corrected chi connectivity index (χ0v) is 14.6. The number of nitrogens with zero attached hydrogens (tertiary/aromatic N) is 2. The van der Waals surface area contributed by atoms with Crippen molar-refractivity contribution in [2.24, 2.45) is 5.92 Å². The molecule has 0 bridgehead atoms. The average molecular weight is 354 g/mol. The molecule has 136 valence electrons. The first-order valence-electron chi connectivity index (χ1n) is 9.18. The fraction of sp³-hybridized carbons (Fsp3) is 0.450. The topological polar surface area (TPSA) is 72.6 Å². The fourth-order valence-electron chi connectivity index (χ4n) is 3.84. The maximum atomic E-state index is 12.3. The van der Waals surface area contributed by atoms with Crippen molar-refractivity contribution in [1.82, 2.24) is 10.1 Å². The Bertz CT molecular complexity index is 780. The van der Waals surface area contributed by atoms with Crippen molar-refractivity contribution in [3.63, 3.8) is 0 Å². The van der Waals surface area contributed by atoms with Gasteiger partial charge in [-0.05, 0) is 12.8 Å². The SMILES string of the molecule is O=C(OCc1cc(-c2ccccc2)on1)[C@H]1CC(=O)N(C2CCCC2)C1. The molecule has 1 aliphatic heterocycles. The summed E-state index contributed by atoms with van der Waals surface area (Å²) in [5.41, 5.74) is 1.49. The number of hydrogen-bond donors (Lipinski definition) is 0. The molecule has 1 amide bonds. The van der Waals surface area contributed by atoms with Crippen LogP contribution in [0.1, 0.15) is 37.8 Å². The molecule has 6 heteroatoms. The van der Waals surface area contributed by atoms with Crippen LogP contribution >= 0.6 is 0 Å². The van der Waals surface area contributed by atoms with Crippen LogP contribution in [-0.4, -0.2) is 34.5 Å². The number of amides is 1. The Kier molecular flexibility index (Phi) is 4.73. The lowest BCUT2D eigenvalue weighted by atomic mass is 10.1. The van der Waals surface area contributed by atoms with Crippen molar-refractivity contribution in [2.75, 3.05) is 6.54 Å². The predicted octanol–water partition coefficient (Wildman–Crippen LogP) is 3.18. The Morgan fingerprint density at radius 1 is 1.23 bits per heavy atom. The van der Waals surface area contributed by atoms with E-state index in [-0.39, 0.29) is 30.8 Å². The highest BCUT2D eigenvalue weighted by Gasteiger charge is 2.39. The minimum Gasteiger partial charge on any atom is -0.459 e. The highest BCUT2D eigenvalue weighted by Crippen LogP contribution is 2.30. The van der Waals surface area contributed by atoms with Crippen LogP contribution in [0.15, 0.2) is 40.9 Å². The maximum absolute atomic E-state index is 12.3. The van der Waals surface area contributed by atoms with E-state index in [4.69, 9.17) is 9.26 Å². The van der Waals surface area contributed by atoms with Crippen LogP contribution in [-0.2, 0) is 20.9 Å². The fourth-order valence-corrected chi connectivity index (χ4v) is 3.84. The molecule has 1 aliphatic carbocycles. The highest BCUT2D eigenvalue weighted by molar-refractivity contribution is 5.87. The van der Waals surface area contributed by atoms with Gasteiger partial charge >= 0.3 is 5.97 Å². The van der Waals surface area contributed by atoms with E-state index in [0.29, 0.717) is 24.0 Å². The molecular formula is C20H22N2O4. The number of benzene rings is 1. The van der Waals surface area contributed by atoms with Crippen molar-refractivity contribution >= 4 is 11.9 Å². The van der Waals surface area contributed by atoms with Crippen LogP contribution in [0, 0.1) is 5.92 Å². The van der Waals surface area contributed by atoms with Gasteiger partial charge in [-0.2, -0.15) is 0 Å². The van der Waals surface area contributed by atoms with Crippen LogP contribution in [0.3, 0.4) is 0 Å². The molecule has 0 spiro atoms. The quantitative estimate of drug-likeness (QED) is 0.771. The van der Waals surface area contributed by atoms with Gasteiger partial charge in [0.2, 0.25) is 5.91 Å². The second-order valence-electron chi connectivity index (χ2n) is 7.04. The monoisotopic (exact) mass is 354 g/mol. The number of esters is 1. The molecule has 6 nitrogen and oxygen atoms in total. The van der Waals surface area contributed by atoms with Crippen LogP contribution in [0.5, 0.6) is 0 Å². The molecule has 2 heterocycles. The number of aromatic nitrogens is 1. The summed E-state index contributed by atoms with van der Waals surface area (Å²) in [6, 6.07) is 11.7. The number of ether oxygens (including phenoxy) is 1. The molecule has 1 aromatic heterocycles. The lowest BCUT2D eigenvalue weighted by Gasteiger charge is -2.23. The molecule has 1 saturated heterocycles. The van der Waals surface area contributed by atoms with Crippen LogP contribution in [0.2, 0.25) is 0 Å². The van der Waals surface area contributed by atoms with Gasteiger partial charge in [0, 0.05) is 30.6 Å². The minimum atomic E-state index is -0.372. The summed E-state index contributed by atoms with van der Waals surface area (Å²) in [4.78, 5) is 26.4. The lowest BCUT2D eigenvalue weighted by molar-refractivity contribution is -0.149. The van der Waals surface area contributed by atoms with E-state index < -0.39 is 0 Å². The van der Waals surface area contributed by atoms with Crippen molar-refractivity contribution in [3.8, 4) is 11.3 Å². The van der Waals surface area contributed by atoms with Gasteiger partial charge in [0.1, 0.15) is 12.3 Å². The summed E-state index contributed by atoms with van der Waals surface area (Å²) in [6.07, 6.45) is 4.69. The summed E-state index contributed by atoms with van der Waals surface area (Å²) in [7, 11) is 0. The average Bonchev–Trinajstić information content (AvgIpc) is 3.41. The van der Waals surface area contributed by atoms with Gasteiger partial charge in [0.15, 0.2) is 5.76 Å². The molecule has 4 rings (SSSR count). The third kappa shape index (κ3) is 3.49. The third-order valence-electron chi connectivity index (χ3n) is 5.24. The second-order valence-corrected chi connectivity index (χ2v) is 7.04. The van der Waals surface area contributed by atoms with Crippen molar-refractivity contribution in [3.05, 3.63) is 42.1 Å². The van der Waals surface area contributed by atoms with Crippen molar-refractivity contribution < 1.29 is 18.8 Å². The predicted molar refractivity (Wildman–Crippen MR) is 93.8 cm³/mol. The molecule has 1 atom stereocenters. The van der Waals surface area contributed by atoms with Gasteiger partial charge in [0.05, 0.1) is 5.92 Å². The number of carbonyl (C=O) groups is 2. The first-order valence-corrected chi connectivity index (χ1v) is 9.18. The van der Waals surface area contributed by atoms with Crippen LogP contribution in [0.4, 0.5) is 0 Å². The Labute approximate surface area is 152 Å². The Hall–Kier alpha value is -2.63. The molecule has 2 aliphatic rings. The third-order valence-corrected chi connectivity index (χ3v) is 5.24. The number of carbonyl (C=O) groups excluding carboxylic acids is 2. The van der Waals surface area contributed by atoms with Gasteiger partial charge in [-0.1, -0.05) is 48.3 Å². The number of rotatable bonds is 5. The van der Waals surface area contributed by atoms with E-state index in [1.165, 1.54) is 12.8 Å². The van der Waals surface area contributed by atoms with E-state index in [9.17, 15) is 9.59 Å². The molecule has 2 fully saturated rings. The molecule has 0 unspecified atom stereocenters. The van der Waals surface area contributed by atoms with E-state index in [0.717, 1.165) is 18.4 Å². The van der Waals surface area contributed by atoms with Crippen LogP contribution < -0.4 is 0 Å². The molecule has 0 radical (unpaired) electrons. The maximum Gasteiger partial charge on any atom is 0.311 e. The molecule has 26 heavy (non-hydrogen) atoms. The van der Waals surface area contributed by atoms with Gasteiger partial charge < -0.3 is 14.2 Å². The largest absolute Gasteiger partial charge is 0.459 e. The standard InChI is InChI=1S/C20H22N2O4/c23-19-10-15(12-22(19)17-8-4-5-9-17)20(24)25-13-16-11-18(26-21-16)14-6-2-1-3-7-14/h1-3,6-7,11,15,17H,4-5,8-10,12-13H2/t15-/m0/s1. The van der Waals surface area contributed by atoms with Gasteiger partial charge in [-0.25, -0.2) is 0 Å². The van der Waals surface area contributed by atoms with Gasteiger partial charge in [-0.15, -0.1) is 0 Å². The van der Waals surface area contributed by atoms with Crippen LogP contribution in [0.25, 0.3) is 11.3 Å². The zero-order chi connectivity index (χ0) is 17.9. The minimum absolute atomic E-state index is 0.0588. The lowest BCUT2D eigenvalue weighted by Crippen LogP contribution is -2.35. The smallest absolute Gasteiger partial charge is 0.311 e. The highest BCUT2D eigenvalue weighted by atomic mass is 16.5. The van der Waals surface area contributed by atoms with E-state index in [1.807, 2.05) is 35.2 Å². The Balaban J connectivity index is 1.32. The first-order chi connectivity index (χ1) is 12.7. The van der Waals surface area contributed by atoms with E-state index in [2.05, 4.69) is 5.16 Å². The number of hydrogen-bond acceptors (Lipinski definition) is 5. The number of likely N-dealkylation sites (tertiary alicyclic amines) is 1. The summed E-state index contributed by atoms with van der Waals surface area (Å²) in [5, 5.41) is 3.95. The van der Waals surface area contributed by atoms with E-state index >= 15 is 0 Å². The summed E-state index contributed by atoms with van der Waals surface area (Å²) >= 11 is 0. The second kappa shape index (κ2) is 7.32. The molecule has 0 N–H and O–H groups in total. The zero-order valence-electron chi connectivity index (χ0n) is 14.6. The first kappa shape index (κ1) is 16.8. The Morgan fingerprint density at radius 3 is 2.77 bits per heavy atom. The van der Waals surface area contributed by atoms with Crippen molar-refractivity contribution in [1.29, 1.82) is 0 Å². The molecular weight excluding hydrogens is 332 g/mol. The normalized spacial score (nSPS) is 20.7. The summed E-state index contributed by atoms with van der Waals surface area (Å²) in [5.74, 6) is 0.0125. The van der Waals surface area contributed by atoms with Gasteiger partial charge in [0.25, 0.3) is 0 Å². The molecule has 2 aromatic rings. The summed E-state index contributed by atoms with van der Waals surface area (Å²) < 4.78 is 10.7.